The molecular formula is C16H14ClF3N4O. The van der Waals surface area contributed by atoms with Crippen LogP contribution in [0.1, 0.15) is 16.7 Å². The summed E-state index contributed by atoms with van der Waals surface area (Å²) in [7, 11) is 0. The van der Waals surface area contributed by atoms with Crippen LogP contribution in [0.3, 0.4) is 0 Å². The number of nitrogens with zero attached hydrogens (tertiary/aromatic N) is 1. The van der Waals surface area contributed by atoms with E-state index < -0.39 is 11.7 Å². The highest BCUT2D eigenvalue weighted by molar-refractivity contribution is 6.34. The molecule has 132 valence electrons. The Hall–Kier alpha value is -2.74. The molecule has 0 saturated carbocycles. The zero-order chi connectivity index (χ0) is 18.4. The largest absolute Gasteiger partial charge is 0.487 e. The van der Waals surface area contributed by atoms with Crippen molar-refractivity contribution >= 4 is 23.8 Å². The fourth-order valence-electron chi connectivity index (χ4n) is 1.91. The minimum atomic E-state index is -4.41. The van der Waals surface area contributed by atoms with E-state index in [0.717, 1.165) is 12.1 Å². The molecule has 2 rings (SSSR count). The molecule has 0 spiro atoms. The van der Waals surface area contributed by atoms with Crippen molar-refractivity contribution in [2.75, 3.05) is 0 Å². The van der Waals surface area contributed by atoms with Crippen molar-refractivity contribution in [3.8, 4) is 5.75 Å². The highest BCUT2D eigenvalue weighted by atomic mass is 35.5. The Morgan fingerprint density at radius 1 is 1.28 bits per heavy atom. The van der Waals surface area contributed by atoms with Gasteiger partial charge in [-0.05, 0) is 23.8 Å². The molecule has 0 amide bonds. The third-order valence-electron chi connectivity index (χ3n) is 3.03. The number of ether oxygens (including phenoxy) is 1. The van der Waals surface area contributed by atoms with Crippen LogP contribution in [-0.2, 0) is 12.8 Å². The van der Waals surface area contributed by atoms with Crippen molar-refractivity contribution < 1.29 is 17.9 Å². The Bertz CT molecular complexity index is 793. The number of benzene rings is 2. The summed E-state index contributed by atoms with van der Waals surface area (Å²) in [5.74, 6) is -0.0322. The SMILES string of the molecule is N=C(N)N/N=C/c1cccc(OCc2cccc(C(F)(F)F)c2)c1Cl. The third-order valence-corrected chi connectivity index (χ3v) is 3.43. The zero-order valence-corrected chi connectivity index (χ0v) is 13.5. The van der Waals surface area contributed by atoms with Crippen molar-refractivity contribution in [1.82, 2.24) is 5.43 Å². The van der Waals surface area contributed by atoms with E-state index in [9.17, 15) is 13.2 Å². The second kappa shape index (κ2) is 7.89. The van der Waals surface area contributed by atoms with Crippen molar-refractivity contribution in [3.63, 3.8) is 0 Å². The van der Waals surface area contributed by atoms with Gasteiger partial charge in [-0.15, -0.1) is 0 Å². The van der Waals surface area contributed by atoms with E-state index in [4.69, 9.17) is 27.5 Å². The van der Waals surface area contributed by atoms with Gasteiger partial charge in [-0.1, -0.05) is 35.9 Å². The number of nitrogens with two attached hydrogens (primary N) is 1. The second-order valence-electron chi connectivity index (χ2n) is 4.93. The number of nitrogens with one attached hydrogen (secondary N) is 2. The van der Waals surface area contributed by atoms with Gasteiger partial charge in [0.1, 0.15) is 12.4 Å². The summed E-state index contributed by atoms with van der Waals surface area (Å²) in [6, 6.07) is 9.77. The molecule has 0 radical (unpaired) electrons. The van der Waals surface area contributed by atoms with Gasteiger partial charge >= 0.3 is 6.18 Å². The highest BCUT2D eigenvalue weighted by Crippen LogP contribution is 2.31. The van der Waals surface area contributed by atoms with Crippen LogP contribution in [0.4, 0.5) is 13.2 Å². The smallest absolute Gasteiger partial charge is 0.416 e. The normalized spacial score (nSPS) is 11.5. The van der Waals surface area contributed by atoms with Crippen LogP contribution in [0.15, 0.2) is 47.6 Å². The summed E-state index contributed by atoms with van der Waals surface area (Å²) in [4.78, 5) is 0. The van der Waals surface area contributed by atoms with Crippen molar-refractivity contribution in [2.24, 2.45) is 10.8 Å². The molecule has 0 heterocycles. The van der Waals surface area contributed by atoms with Gasteiger partial charge in [-0.25, -0.2) is 5.43 Å². The first kappa shape index (κ1) is 18.6. The van der Waals surface area contributed by atoms with Crippen LogP contribution < -0.4 is 15.9 Å². The Kier molecular flexibility index (Phi) is 5.87. The molecule has 0 fully saturated rings. The summed E-state index contributed by atoms with van der Waals surface area (Å²) >= 11 is 6.19. The van der Waals surface area contributed by atoms with Crippen LogP contribution >= 0.6 is 11.6 Å². The maximum atomic E-state index is 12.7. The Morgan fingerprint density at radius 2 is 2.00 bits per heavy atom. The van der Waals surface area contributed by atoms with E-state index in [1.807, 2.05) is 0 Å². The van der Waals surface area contributed by atoms with Gasteiger partial charge < -0.3 is 10.5 Å². The van der Waals surface area contributed by atoms with Gasteiger partial charge in [-0.2, -0.15) is 18.3 Å². The molecule has 2 aromatic rings. The molecular weight excluding hydrogens is 357 g/mol. The van der Waals surface area contributed by atoms with Crippen LogP contribution in [-0.4, -0.2) is 12.2 Å². The molecule has 0 aliphatic heterocycles. The van der Waals surface area contributed by atoms with Crippen LogP contribution in [0.25, 0.3) is 0 Å². The molecule has 0 atom stereocenters. The molecule has 0 aromatic heterocycles. The molecule has 0 saturated heterocycles. The number of hydrogen-bond donors (Lipinski definition) is 3. The lowest BCUT2D eigenvalue weighted by Crippen LogP contribution is -2.25. The molecule has 2 aromatic carbocycles. The first-order valence-corrected chi connectivity index (χ1v) is 7.35. The average molecular weight is 371 g/mol. The lowest BCUT2D eigenvalue weighted by molar-refractivity contribution is -0.137. The topological polar surface area (TPSA) is 83.5 Å². The van der Waals surface area contributed by atoms with Gasteiger partial charge in [0, 0.05) is 5.56 Å². The van der Waals surface area contributed by atoms with Crippen LogP contribution in [0.5, 0.6) is 5.75 Å². The molecule has 25 heavy (non-hydrogen) atoms. The summed E-state index contributed by atoms with van der Waals surface area (Å²) < 4.78 is 43.7. The summed E-state index contributed by atoms with van der Waals surface area (Å²) in [6.07, 6.45) is -3.06. The number of rotatable bonds is 5. The molecule has 0 aliphatic carbocycles. The minimum Gasteiger partial charge on any atom is -0.487 e. The van der Waals surface area contributed by atoms with E-state index in [-0.39, 0.29) is 17.6 Å². The molecule has 0 unspecified atom stereocenters. The standard InChI is InChI=1S/C16H14ClF3N4O/c17-14-11(8-23-24-15(21)22)4-2-6-13(14)25-9-10-3-1-5-12(7-10)16(18,19)20/h1-8H,9H2,(H4,21,22,24)/b23-8+. The quantitative estimate of drug-likeness (QED) is 0.426. The van der Waals surface area contributed by atoms with E-state index in [1.54, 1.807) is 18.2 Å². The monoisotopic (exact) mass is 370 g/mol. The fraction of sp³-hybridized carbons (Fsp3) is 0.125. The minimum absolute atomic E-state index is 0.0735. The molecule has 4 N–H and O–H groups in total. The van der Waals surface area contributed by atoms with Gasteiger partial charge in [0.25, 0.3) is 0 Å². The maximum Gasteiger partial charge on any atom is 0.416 e. The number of hydrazone groups is 1. The van der Waals surface area contributed by atoms with Crippen molar-refractivity contribution in [3.05, 3.63) is 64.2 Å². The summed E-state index contributed by atoms with van der Waals surface area (Å²) in [5, 5.41) is 10.9. The van der Waals surface area contributed by atoms with E-state index in [0.29, 0.717) is 16.9 Å². The lowest BCUT2D eigenvalue weighted by Gasteiger charge is -2.11. The first-order valence-electron chi connectivity index (χ1n) is 6.98. The summed E-state index contributed by atoms with van der Waals surface area (Å²) in [5.41, 5.74) is 7.46. The van der Waals surface area contributed by atoms with Gasteiger partial charge in [0.05, 0.1) is 16.8 Å². The van der Waals surface area contributed by atoms with E-state index in [2.05, 4.69) is 10.5 Å². The molecule has 0 aliphatic rings. The van der Waals surface area contributed by atoms with Crippen LogP contribution in [0.2, 0.25) is 5.02 Å². The molecule has 9 heteroatoms. The number of hydrogen-bond acceptors (Lipinski definition) is 3. The lowest BCUT2D eigenvalue weighted by atomic mass is 10.1. The van der Waals surface area contributed by atoms with E-state index >= 15 is 0 Å². The number of halogens is 4. The first-order chi connectivity index (χ1) is 11.8. The van der Waals surface area contributed by atoms with Crippen LogP contribution in [0, 0.1) is 5.41 Å². The highest BCUT2D eigenvalue weighted by Gasteiger charge is 2.30. The maximum absolute atomic E-state index is 12.7. The fourth-order valence-corrected chi connectivity index (χ4v) is 2.14. The predicted molar refractivity (Wildman–Crippen MR) is 89.9 cm³/mol. The molecule has 0 bridgehead atoms. The second-order valence-corrected chi connectivity index (χ2v) is 5.31. The predicted octanol–water partition coefficient (Wildman–Crippen LogP) is 3.75. The van der Waals surface area contributed by atoms with Crippen molar-refractivity contribution in [2.45, 2.75) is 12.8 Å². The Morgan fingerprint density at radius 3 is 2.68 bits per heavy atom. The van der Waals surface area contributed by atoms with Gasteiger partial charge in [-0.3, -0.25) is 5.41 Å². The third kappa shape index (κ3) is 5.39. The summed E-state index contributed by atoms with van der Waals surface area (Å²) in [6.45, 7) is -0.0735. The average Bonchev–Trinajstić information content (AvgIpc) is 2.54. The molecule has 5 nitrogen and oxygen atoms in total. The van der Waals surface area contributed by atoms with Gasteiger partial charge in [0.15, 0.2) is 0 Å². The number of guanidine groups is 1. The number of alkyl halides is 3. The van der Waals surface area contributed by atoms with Gasteiger partial charge in [0.2, 0.25) is 5.96 Å². The Balaban J connectivity index is 2.11. The van der Waals surface area contributed by atoms with Crippen molar-refractivity contribution in [1.29, 1.82) is 5.41 Å². The zero-order valence-electron chi connectivity index (χ0n) is 12.8. The van der Waals surface area contributed by atoms with E-state index in [1.165, 1.54) is 18.3 Å². The Labute approximate surface area is 146 Å².